The van der Waals surface area contributed by atoms with E-state index in [1.807, 2.05) is 30.3 Å². The van der Waals surface area contributed by atoms with Gasteiger partial charge in [-0.05, 0) is 41.7 Å². The number of halogens is 2. The Bertz CT molecular complexity index is 940. The fourth-order valence-corrected chi connectivity index (χ4v) is 5.21. The maximum Gasteiger partial charge on any atom is 0.321 e. The molecular formula is C24H29Cl2NO3. The quantitative estimate of drug-likeness (QED) is 0.595. The van der Waals surface area contributed by atoms with Crippen LogP contribution in [-0.2, 0) is 10.2 Å². The summed E-state index contributed by atoms with van der Waals surface area (Å²) in [6.45, 7) is 8.61. The van der Waals surface area contributed by atoms with Gasteiger partial charge >= 0.3 is 5.97 Å². The molecule has 4 nitrogen and oxygen atoms in total. The first-order valence-electron chi connectivity index (χ1n) is 10.1. The van der Waals surface area contributed by atoms with Gasteiger partial charge in [-0.25, -0.2) is 0 Å². The van der Waals surface area contributed by atoms with E-state index in [-0.39, 0.29) is 17.4 Å². The van der Waals surface area contributed by atoms with Crippen LogP contribution >= 0.6 is 23.2 Å². The Morgan fingerprint density at radius 2 is 1.83 bits per heavy atom. The van der Waals surface area contributed by atoms with Crippen LogP contribution in [0.3, 0.4) is 0 Å². The van der Waals surface area contributed by atoms with Gasteiger partial charge in [-0.1, -0.05) is 69.1 Å². The molecule has 2 aromatic rings. The average Bonchev–Trinajstić information content (AvgIpc) is 2.93. The molecule has 1 fully saturated rings. The van der Waals surface area contributed by atoms with Crippen molar-refractivity contribution in [3.05, 3.63) is 63.6 Å². The van der Waals surface area contributed by atoms with Crippen LogP contribution in [0.25, 0.3) is 0 Å². The van der Waals surface area contributed by atoms with E-state index in [2.05, 4.69) is 33.0 Å². The Balaban J connectivity index is 2.28. The monoisotopic (exact) mass is 449 g/mol. The fraction of sp³-hybridized carbons (Fsp3) is 0.458. The van der Waals surface area contributed by atoms with Crippen molar-refractivity contribution in [3.8, 4) is 5.75 Å². The van der Waals surface area contributed by atoms with Gasteiger partial charge in [-0.2, -0.15) is 0 Å². The summed E-state index contributed by atoms with van der Waals surface area (Å²) in [6, 6.07) is 12.2. The number of hydrogen-bond acceptors (Lipinski definition) is 3. The predicted molar refractivity (Wildman–Crippen MR) is 122 cm³/mol. The van der Waals surface area contributed by atoms with Gasteiger partial charge in [0.05, 0.1) is 7.11 Å². The van der Waals surface area contributed by atoms with Crippen LogP contribution in [0.2, 0.25) is 10.0 Å². The molecule has 0 aliphatic carbocycles. The van der Waals surface area contributed by atoms with E-state index in [1.165, 1.54) is 0 Å². The molecule has 162 valence electrons. The lowest BCUT2D eigenvalue weighted by molar-refractivity contribution is -0.139. The lowest BCUT2D eigenvalue weighted by Crippen LogP contribution is -2.43. The maximum absolute atomic E-state index is 12.4. The van der Waals surface area contributed by atoms with Crippen molar-refractivity contribution in [2.45, 2.75) is 57.5 Å². The van der Waals surface area contributed by atoms with Gasteiger partial charge in [-0.3, -0.25) is 4.79 Å². The van der Waals surface area contributed by atoms with Crippen molar-refractivity contribution < 1.29 is 14.6 Å². The van der Waals surface area contributed by atoms with Crippen molar-refractivity contribution in [2.24, 2.45) is 5.41 Å². The smallest absolute Gasteiger partial charge is 0.321 e. The SMILES string of the molecule is COc1cc(Cl)ccc1[C@@]1(C)[C@H](CC(C)(C)C)N[C@H](C(=O)O)[C@@H]1c1cccc(Cl)c1. The molecule has 1 aliphatic heterocycles. The first-order chi connectivity index (χ1) is 14.0. The molecule has 0 unspecified atom stereocenters. The van der Waals surface area contributed by atoms with Crippen LogP contribution in [0, 0.1) is 5.41 Å². The normalized spacial score (nSPS) is 26.6. The second-order valence-electron chi connectivity index (χ2n) is 9.46. The Morgan fingerprint density at radius 3 is 2.40 bits per heavy atom. The highest BCUT2D eigenvalue weighted by molar-refractivity contribution is 6.31. The van der Waals surface area contributed by atoms with Gasteiger partial charge < -0.3 is 15.2 Å². The summed E-state index contributed by atoms with van der Waals surface area (Å²) in [6.07, 6.45) is 0.788. The van der Waals surface area contributed by atoms with E-state index in [4.69, 9.17) is 27.9 Å². The first-order valence-corrected chi connectivity index (χ1v) is 10.8. The minimum atomic E-state index is -0.879. The highest BCUT2D eigenvalue weighted by atomic mass is 35.5. The summed E-state index contributed by atoms with van der Waals surface area (Å²) in [5.41, 5.74) is 1.24. The third kappa shape index (κ3) is 4.32. The molecule has 0 bridgehead atoms. The largest absolute Gasteiger partial charge is 0.496 e. The molecule has 1 saturated heterocycles. The van der Waals surface area contributed by atoms with E-state index < -0.39 is 17.4 Å². The third-order valence-electron chi connectivity index (χ3n) is 6.12. The van der Waals surface area contributed by atoms with E-state index >= 15 is 0 Å². The summed E-state index contributed by atoms with van der Waals surface area (Å²) in [5, 5.41) is 14.7. The van der Waals surface area contributed by atoms with Gasteiger partial charge in [0.1, 0.15) is 11.8 Å². The minimum Gasteiger partial charge on any atom is -0.496 e. The molecular weight excluding hydrogens is 421 g/mol. The van der Waals surface area contributed by atoms with Crippen LogP contribution in [0.15, 0.2) is 42.5 Å². The molecule has 2 N–H and O–H groups in total. The Labute approximate surface area is 188 Å². The number of methoxy groups -OCH3 is 1. The highest BCUT2D eigenvalue weighted by Gasteiger charge is 2.57. The maximum atomic E-state index is 12.4. The second kappa shape index (κ2) is 8.41. The summed E-state index contributed by atoms with van der Waals surface area (Å²) in [4.78, 5) is 12.4. The lowest BCUT2D eigenvalue weighted by Gasteiger charge is -2.40. The molecule has 0 radical (unpaired) electrons. The standard InChI is InChI=1S/C24H29Cl2NO3/c1-23(2,3)13-19-24(4,17-10-9-16(26)12-18(17)30-5)20(21(27-19)22(28)29)14-7-6-8-15(25)11-14/h6-12,19-21,27H,13H2,1-5H3,(H,28,29)/t19-,20-,21-,24-/m0/s1. The number of aliphatic carboxylic acids is 1. The number of ether oxygens (including phenoxy) is 1. The topological polar surface area (TPSA) is 58.6 Å². The average molecular weight is 450 g/mol. The van der Waals surface area contributed by atoms with Crippen molar-refractivity contribution in [1.82, 2.24) is 5.32 Å². The number of carboxylic acid groups (broad SMARTS) is 1. The minimum absolute atomic E-state index is 0.00906. The van der Waals surface area contributed by atoms with E-state index in [1.54, 1.807) is 19.2 Å². The third-order valence-corrected chi connectivity index (χ3v) is 6.59. The van der Waals surface area contributed by atoms with Crippen molar-refractivity contribution in [2.75, 3.05) is 7.11 Å². The summed E-state index contributed by atoms with van der Waals surface area (Å²) >= 11 is 12.5. The van der Waals surface area contributed by atoms with Gasteiger partial charge in [0.2, 0.25) is 0 Å². The molecule has 30 heavy (non-hydrogen) atoms. The Kier molecular flexibility index (Phi) is 6.43. The molecule has 6 heteroatoms. The van der Waals surface area contributed by atoms with Crippen LogP contribution in [0.4, 0.5) is 0 Å². The van der Waals surface area contributed by atoms with Crippen molar-refractivity contribution in [3.63, 3.8) is 0 Å². The molecule has 0 aromatic heterocycles. The molecule has 4 atom stereocenters. The molecule has 0 saturated carbocycles. The van der Waals surface area contributed by atoms with Crippen molar-refractivity contribution in [1.29, 1.82) is 0 Å². The molecule has 0 amide bonds. The van der Waals surface area contributed by atoms with E-state index in [9.17, 15) is 9.90 Å². The molecule has 0 spiro atoms. The zero-order valence-corrected chi connectivity index (χ0v) is 19.5. The van der Waals surface area contributed by atoms with E-state index in [0.717, 1.165) is 17.5 Å². The summed E-state index contributed by atoms with van der Waals surface area (Å²) in [7, 11) is 1.61. The highest BCUT2D eigenvalue weighted by Crippen LogP contribution is 2.53. The molecule has 1 heterocycles. The van der Waals surface area contributed by atoms with Crippen LogP contribution in [0.5, 0.6) is 5.75 Å². The number of nitrogens with one attached hydrogen (secondary N) is 1. The molecule has 2 aromatic carbocycles. The first kappa shape index (κ1) is 22.9. The lowest BCUT2D eigenvalue weighted by atomic mass is 9.63. The van der Waals surface area contributed by atoms with Gasteiger partial charge in [0.15, 0.2) is 0 Å². The molecule has 3 rings (SSSR count). The number of carboxylic acids is 1. The Morgan fingerprint density at radius 1 is 1.17 bits per heavy atom. The van der Waals surface area contributed by atoms with Crippen LogP contribution < -0.4 is 10.1 Å². The summed E-state index contributed by atoms with van der Waals surface area (Å²) in [5.74, 6) is -0.574. The zero-order chi connectivity index (χ0) is 22.3. The van der Waals surface area contributed by atoms with E-state index in [0.29, 0.717) is 15.8 Å². The zero-order valence-electron chi connectivity index (χ0n) is 18.0. The number of carbonyl (C=O) groups is 1. The number of rotatable bonds is 5. The van der Waals surface area contributed by atoms with Gasteiger partial charge in [0.25, 0.3) is 0 Å². The number of hydrogen-bond donors (Lipinski definition) is 2. The second-order valence-corrected chi connectivity index (χ2v) is 10.3. The molecule has 1 aliphatic rings. The number of benzene rings is 2. The Hall–Kier alpha value is -1.75. The predicted octanol–water partition coefficient (Wildman–Crippen LogP) is 5.90. The van der Waals surface area contributed by atoms with Crippen LogP contribution in [-0.4, -0.2) is 30.3 Å². The summed E-state index contributed by atoms with van der Waals surface area (Å²) < 4.78 is 5.70. The van der Waals surface area contributed by atoms with Crippen LogP contribution in [0.1, 0.15) is 51.2 Å². The van der Waals surface area contributed by atoms with Gasteiger partial charge in [0, 0.05) is 33.0 Å². The van der Waals surface area contributed by atoms with Crippen molar-refractivity contribution >= 4 is 29.2 Å². The van der Waals surface area contributed by atoms with Gasteiger partial charge in [-0.15, -0.1) is 0 Å². The fourth-order valence-electron chi connectivity index (χ4n) is 4.85.